The van der Waals surface area contributed by atoms with Gasteiger partial charge in [0.25, 0.3) is 5.78 Å². The first-order valence-corrected chi connectivity index (χ1v) is 10.5. The number of fused-ring (bicyclic) bond motifs is 2. The molecular weight excluding hydrogens is 456 g/mol. The molecule has 5 aromatic rings. The molecule has 0 spiro atoms. The van der Waals surface area contributed by atoms with Crippen molar-refractivity contribution in [3.05, 3.63) is 65.5 Å². The summed E-state index contributed by atoms with van der Waals surface area (Å²) < 4.78 is 7.49. The van der Waals surface area contributed by atoms with E-state index >= 15 is 0 Å². The minimum absolute atomic E-state index is 0. The zero-order valence-corrected chi connectivity index (χ0v) is 19.5. The topological polar surface area (TPSA) is 137 Å². The van der Waals surface area contributed by atoms with Crippen molar-refractivity contribution in [2.45, 2.75) is 33.2 Å². The number of aromatic nitrogens is 6. The lowest BCUT2D eigenvalue weighted by Crippen LogP contribution is -2.14. The molecular formula is C23H23ClN8O2. The first-order valence-electron chi connectivity index (χ1n) is 10.5. The molecule has 4 aromatic heterocycles. The molecule has 3 N–H and O–H groups in total. The Morgan fingerprint density at radius 3 is 2.68 bits per heavy atom. The average Bonchev–Trinajstić information content (AvgIpc) is 3.43. The van der Waals surface area contributed by atoms with E-state index in [0.29, 0.717) is 47.1 Å². The summed E-state index contributed by atoms with van der Waals surface area (Å²) in [6.07, 6.45) is 4.20. The summed E-state index contributed by atoms with van der Waals surface area (Å²) >= 11 is 0. The van der Waals surface area contributed by atoms with E-state index < -0.39 is 0 Å². The molecule has 0 radical (unpaired) electrons. The number of pyridine rings is 1. The quantitative estimate of drug-likeness (QED) is 0.378. The molecule has 174 valence electrons. The van der Waals surface area contributed by atoms with Gasteiger partial charge in [0.05, 0.1) is 6.54 Å². The zero-order chi connectivity index (χ0) is 22.9. The molecule has 0 unspecified atom stereocenters. The lowest BCUT2D eigenvalue weighted by molar-refractivity contribution is -0.116. The number of anilines is 1. The van der Waals surface area contributed by atoms with Gasteiger partial charge >= 0.3 is 0 Å². The third-order valence-corrected chi connectivity index (χ3v) is 5.48. The van der Waals surface area contributed by atoms with Crippen LogP contribution in [0.3, 0.4) is 0 Å². The molecule has 5 rings (SSSR count). The van der Waals surface area contributed by atoms with Crippen molar-refractivity contribution in [1.29, 1.82) is 0 Å². The molecule has 0 saturated carbocycles. The van der Waals surface area contributed by atoms with E-state index in [2.05, 4.69) is 30.4 Å². The summed E-state index contributed by atoms with van der Waals surface area (Å²) in [6.45, 7) is 4.11. The molecule has 1 aromatic carbocycles. The third kappa shape index (κ3) is 4.45. The van der Waals surface area contributed by atoms with Crippen LogP contribution in [0.4, 0.5) is 5.69 Å². The first-order chi connectivity index (χ1) is 16.0. The Labute approximate surface area is 201 Å². The van der Waals surface area contributed by atoms with Crippen LogP contribution >= 0.6 is 12.4 Å². The van der Waals surface area contributed by atoms with E-state index in [4.69, 9.17) is 10.2 Å². The number of hydrogen-bond acceptors (Lipinski definition) is 8. The largest absolute Gasteiger partial charge is 0.436 e. The van der Waals surface area contributed by atoms with E-state index in [-0.39, 0.29) is 24.9 Å². The van der Waals surface area contributed by atoms with Crippen LogP contribution in [0.25, 0.3) is 28.3 Å². The average molecular weight is 479 g/mol. The van der Waals surface area contributed by atoms with Crippen molar-refractivity contribution < 1.29 is 9.21 Å². The number of benzene rings is 1. The summed E-state index contributed by atoms with van der Waals surface area (Å²) in [6, 6.07) is 9.07. The number of halogens is 1. The fraction of sp³-hybridized carbons (Fsp3) is 0.217. The van der Waals surface area contributed by atoms with E-state index in [1.165, 1.54) is 0 Å². The van der Waals surface area contributed by atoms with Gasteiger partial charge in [-0.15, -0.1) is 17.5 Å². The lowest BCUT2D eigenvalue weighted by Gasteiger charge is -2.10. The standard InChI is InChI=1S/C23H22N8O2.ClH/c1-13-17(14(2)31-23(26-13)29-20(12-24)30-31)4-6-21(32)27-16-3-5-19-18(11-16)28-22(33-19)15-7-9-25-10-8-15;/h3,5,7-11H,4,6,12,24H2,1-2H3,(H,27,32);1H. The molecule has 1 amide bonds. The Bertz CT molecular complexity index is 1480. The van der Waals surface area contributed by atoms with Gasteiger partial charge in [-0.3, -0.25) is 9.78 Å². The van der Waals surface area contributed by atoms with Crippen LogP contribution in [0, 0.1) is 13.8 Å². The second-order valence-electron chi connectivity index (χ2n) is 7.69. The van der Waals surface area contributed by atoms with Gasteiger partial charge in [-0.25, -0.2) is 14.5 Å². The van der Waals surface area contributed by atoms with Gasteiger partial charge in [0.15, 0.2) is 11.4 Å². The molecule has 0 aliphatic heterocycles. The van der Waals surface area contributed by atoms with Gasteiger partial charge in [0.1, 0.15) is 5.52 Å². The molecule has 0 bridgehead atoms. The molecule has 0 aliphatic rings. The second kappa shape index (κ2) is 9.54. The van der Waals surface area contributed by atoms with Crippen LogP contribution in [0.15, 0.2) is 47.1 Å². The molecule has 0 saturated heterocycles. The Morgan fingerprint density at radius 1 is 1.12 bits per heavy atom. The van der Waals surface area contributed by atoms with Gasteiger partial charge in [0.2, 0.25) is 11.8 Å². The Balaban J connectivity index is 0.00000274. The number of rotatable bonds is 6. The Morgan fingerprint density at radius 2 is 1.91 bits per heavy atom. The minimum atomic E-state index is -0.104. The minimum Gasteiger partial charge on any atom is -0.436 e. The maximum absolute atomic E-state index is 12.7. The number of nitrogens with zero attached hydrogens (tertiary/aromatic N) is 6. The smallest absolute Gasteiger partial charge is 0.252 e. The fourth-order valence-electron chi connectivity index (χ4n) is 3.78. The number of nitrogens with two attached hydrogens (primary N) is 1. The maximum Gasteiger partial charge on any atom is 0.252 e. The zero-order valence-electron chi connectivity index (χ0n) is 18.6. The van der Waals surface area contributed by atoms with E-state index in [1.54, 1.807) is 35.1 Å². The highest BCUT2D eigenvalue weighted by atomic mass is 35.5. The monoisotopic (exact) mass is 478 g/mol. The number of hydrogen-bond donors (Lipinski definition) is 2. The van der Waals surface area contributed by atoms with Crippen LogP contribution in [0.5, 0.6) is 0 Å². The van der Waals surface area contributed by atoms with Gasteiger partial charge in [-0.05, 0) is 56.2 Å². The molecule has 0 aliphatic carbocycles. The number of nitrogens with one attached hydrogen (secondary N) is 1. The molecule has 0 atom stereocenters. The molecule has 4 heterocycles. The number of carbonyl (C=O) groups is 1. The predicted molar refractivity (Wildman–Crippen MR) is 130 cm³/mol. The Hall–Kier alpha value is -3.89. The van der Waals surface area contributed by atoms with Gasteiger partial charge in [-0.2, -0.15) is 4.98 Å². The summed E-state index contributed by atoms with van der Waals surface area (Å²) in [5, 5.41) is 7.32. The number of oxazole rings is 1. The number of amides is 1. The Kier molecular flexibility index (Phi) is 6.53. The van der Waals surface area contributed by atoms with Crippen LogP contribution in [-0.2, 0) is 17.8 Å². The van der Waals surface area contributed by atoms with Crippen LogP contribution in [0.2, 0.25) is 0 Å². The van der Waals surface area contributed by atoms with Crippen molar-refractivity contribution in [3.8, 4) is 11.5 Å². The van der Waals surface area contributed by atoms with Crippen molar-refractivity contribution in [3.63, 3.8) is 0 Å². The first kappa shape index (κ1) is 23.3. The van der Waals surface area contributed by atoms with Crippen molar-refractivity contribution in [2.24, 2.45) is 5.73 Å². The summed E-state index contributed by atoms with van der Waals surface area (Å²) in [4.78, 5) is 30.0. The molecule has 10 nitrogen and oxygen atoms in total. The van der Waals surface area contributed by atoms with E-state index in [1.807, 2.05) is 26.0 Å². The SMILES string of the molecule is Cc1nc2nc(CN)nn2c(C)c1CCC(=O)Nc1ccc2oc(-c3ccncc3)nc2c1.Cl. The molecule has 11 heteroatoms. The van der Waals surface area contributed by atoms with Crippen LogP contribution < -0.4 is 11.1 Å². The van der Waals surface area contributed by atoms with E-state index in [0.717, 1.165) is 22.5 Å². The highest BCUT2D eigenvalue weighted by Gasteiger charge is 2.15. The predicted octanol–water partition coefficient (Wildman–Crippen LogP) is 3.40. The summed E-state index contributed by atoms with van der Waals surface area (Å²) in [5.41, 5.74) is 11.2. The lowest BCUT2D eigenvalue weighted by atomic mass is 10.1. The molecule has 34 heavy (non-hydrogen) atoms. The van der Waals surface area contributed by atoms with Gasteiger partial charge < -0.3 is 15.5 Å². The highest BCUT2D eigenvalue weighted by molar-refractivity contribution is 5.93. The summed E-state index contributed by atoms with van der Waals surface area (Å²) in [5.74, 6) is 1.46. The summed E-state index contributed by atoms with van der Waals surface area (Å²) in [7, 11) is 0. The van der Waals surface area contributed by atoms with Gasteiger partial charge in [0, 0.05) is 41.5 Å². The van der Waals surface area contributed by atoms with Crippen molar-refractivity contribution >= 4 is 40.9 Å². The third-order valence-electron chi connectivity index (χ3n) is 5.48. The van der Waals surface area contributed by atoms with Gasteiger partial charge in [-0.1, -0.05) is 0 Å². The number of aryl methyl sites for hydroxylation is 2. The normalized spacial score (nSPS) is 11.0. The van der Waals surface area contributed by atoms with Crippen LogP contribution in [-0.4, -0.2) is 35.5 Å². The second-order valence-corrected chi connectivity index (χ2v) is 7.69. The fourth-order valence-corrected chi connectivity index (χ4v) is 3.78. The number of carbonyl (C=O) groups excluding carboxylic acids is 1. The maximum atomic E-state index is 12.7. The highest BCUT2D eigenvalue weighted by Crippen LogP contribution is 2.26. The van der Waals surface area contributed by atoms with Crippen LogP contribution in [0.1, 0.15) is 29.2 Å². The van der Waals surface area contributed by atoms with E-state index in [9.17, 15) is 4.79 Å². The van der Waals surface area contributed by atoms with Crippen molar-refractivity contribution in [2.75, 3.05) is 5.32 Å². The van der Waals surface area contributed by atoms with Crippen molar-refractivity contribution in [1.82, 2.24) is 29.5 Å². The molecule has 0 fully saturated rings.